The molecule has 0 unspecified atom stereocenters. The van der Waals surface area contributed by atoms with Gasteiger partial charge < -0.3 is 5.32 Å². The van der Waals surface area contributed by atoms with E-state index in [9.17, 15) is 0 Å². The molecule has 0 bridgehead atoms. The molecule has 2 aromatic rings. The minimum Gasteiger partial charge on any atom is -0.310 e. The number of halogens is 2. The smallest absolute Gasteiger partial charge is 0.0691 e. The lowest BCUT2D eigenvalue weighted by Gasteiger charge is -2.13. The molecule has 1 N–H and O–H groups in total. The highest BCUT2D eigenvalue weighted by Crippen LogP contribution is 2.20. The van der Waals surface area contributed by atoms with E-state index in [0.29, 0.717) is 6.04 Å². The Labute approximate surface area is 126 Å². The van der Waals surface area contributed by atoms with Crippen LogP contribution in [0.15, 0.2) is 30.6 Å². The number of nitrogens with zero attached hydrogens (tertiary/aromatic N) is 2. The molecule has 0 spiro atoms. The van der Waals surface area contributed by atoms with Gasteiger partial charge in [0.1, 0.15) is 0 Å². The van der Waals surface area contributed by atoms with Gasteiger partial charge in [0.05, 0.1) is 15.5 Å². The van der Waals surface area contributed by atoms with Crippen molar-refractivity contribution in [2.75, 3.05) is 0 Å². The zero-order valence-electron chi connectivity index (χ0n) is 10.3. The first kappa shape index (κ1) is 13.8. The molecule has 2 rings (SSSR count). The third-order valence-electron chi connectivity index (χ3n) is 2.54. The molecule has 0 fully saturated rings. The molecule has 0 aliphatic carbocycles. The van der Waals surface area contributed by atoms with Gasteiger partial charge in [-0.1, -0.05) is 25.4 Å². The molecule has 0 aliphatic heterocycles. The summed E-state index contributed by atoms with van der Waals surface area (Å²) >= 11 is 8.32. The average Bonchev–Trinajstić information content (AvgIpc) is 2.73. The summed E-state index contributed by atoms with van der Waals surface area (Å²) in [4.78, 5) is 0. The van der Waals surface area contributed by atoms with Crippen molar-refractivity contribution in [1.82, 2.24) is 15.1 Å². The highest BCUT2D eigenvalue weighted by Gasteiger charge is 2.07. The van der Waals surface area contributed by atoms with Gasteiger partial charge >= 0.3 is 0 Å². The second kappa shape index (κ2) is 6.04. The van der Waals surface area contributed by atoms with Gasteiger partial charge in [-0.05, 0) is 46.4 Å². The summed E-state index contributed by atoms with van der Waals surface area (Å²) in [5, 5.41) is 8.50. The fourth-order valence-corrected chi connectivity index (χ4v) is 2.25. The van der Waals surface area contributed by atoms with Crippen LogP contribution in [0, 0.1) is 3.57 Å². The molecule has 0 aliphatic rings. The first-order valence-electron chi connectivity index (χ1n) is 5.78. The second-order valence-electron chi connectivity index (χ2n) is 4.41. The van der Waals surface area contributed by atoms with Gasteiger partial charge in [-0.15, -0.1) is 0 Å². The van der Waals surface area contributed by atoms with E-state index in [2.05, 4.69) is 46.9 Å². The third kappa shape index (κ3) is 3.46. The maximum Gasteiger partial charge on any atom is 0.0691 e. The predicted octanol–water partition coefficient (Wildman–Crippen LogP) is 3.63. The van der Waals surface area contributed by atoms with Gasteiger partial charge in [0, 0.05) is 23.8 Å². The van der Waals surface area contributed by atoms with Crippen molar-refractivity contribution in [3.8, 4) is 5.69 Å². The predicted molar refractivity (Wildman–Crippen MR) is 83.3 cm³/mol. The highest BCUT2D eigenvalue weighted by atomic mass is 127. The molecular formula is C13H15ClIN3. The van der Waals surface area contributed by atoms with Gasteiger partial charge in [-0.2, -0.15) is 5.10 Å². The van der Waals surface area contributed by atoms with Crippen LogP contribution in [-0.4, -0.2) is 15.8 Å². The molecule has 0 radical (unpaired) electrons. The molecule has 0 amide bonds. The SMILES string of the molecule is CC(C)NCc1cc(Cl)ccc1-n1cc(I)cn1. The Balaban J connectivity index is 2.34. The highest BCUT2D eigenvalue weighted by molar-refractivity contribution is 14.1. The first-order valence-corrected chi connectivity index (χ1v) is 7.24. The molecule has 18 heavy (non-hydrogen) atoms. The first-order chi connectivity index (χ1) is 8.56. The number of rotatable bonds is 4. The Morgan fingerprint density at radius 1 is 1.44 bits per heavy atom. The largest absolute Gasteiger partial charge is 0.310 e. The van der Waals surface area contributed by atoms with Crippen LogP contribution in [0.25, 0.3) is 5.69 Å². The van der Waals surface area contributed by atoms with Crippen LogP contribution in [0.5, 0.6) is 0 Å². The van der Waals surface area contributed by atoms with Crippen LogP contribution in [0.2, 0.25) is 5.02 Å². The molecule has 1 aromatic carbocycles. The van der Waals surface area contributed by atoms with E-state index in [1.807, 2.05) is 35.3 Å². The molecule has 5 heteroatoms. The Bertz CT molecular complexity index is 537. The number of nitrogens with one attached hydrogen (secondary N) is 1. The molecule has 3 nitrogen and oxygen atoms in total. The third-order valence-corrected chi connectivity index (χ3v) is 3.33. The Hall–Kier alpha value is -0.590. The van der Waals surface area contributed by atoms with Crippen molar-refractivity contribution in [3.63, 3.8) is 0 Å². The lowest BCUT2D eigenvalue weighted by Crippen LogP contribution is -2.22. The van der Waals surface area contributed by atoms with Crippen LogP contribution in [0.1, 0.15) is 19.4 Å². The zero-order valence-corrected chi connectivity index (χ0v) is 13.2. The van der Waals surface area contributed by atoms with E-state index >= 15 is 0 Å². The van der Waals surface area contributed by atoms with E-state index in [1.54, 1.807) is 0 Å². The fourth-order valence-electron chi connectivity index (χ4n) is 1.67. The summed E-state index contributed by atoms with van der Waals surface area (Å²) in [6.45, 7) is 5.03. The van der Waals surface area contributed by atoms with Gasteiger partial charge in [-0.25, -0.2) is 4.68 Å². The van der Waals surface area contributed by atoms with Crippen molar-refractivity contribution in [1.29, 1.82) is 0 Å². The summed E-state index contributed by atoms with van der Waals surface area (Å²) in [5.74, 6) is 0. The van der Waals surface area contributed by atoms with Crippen molar-refractivity contribution in [3.05, 3.63) is 44.7 Å². The number of aromatic nitrogens is 2. The topological polar surface area (TPSA) is 29.9 Å². The standard InChI is InChI=1S/C13H15ClIN3/c1-9(2)16-6-10-5-11(14)3-4-13(10)18-8-12(15)7-17-18/h3-5,7-9,16H,6H2,1-2H3. The summed E-state index contributed by atoms with van der Waals surface area (Å²) in [7, 11) is 0. The Morgan fingerprint density at radius 2 is 2.22 bits per heavy atom. The van der Waals surface area contributed by atoms with E-state index in [4.69, 9.17) is 11.6 Å². The quantitative estimate of drug-likeness (QED) is 0.827. The fraction of sp³-hybridized carbons (Fsp3) is 0.308. The summed E-state index contributed by atoms with van der Waals surface area (Å²) in [6, 6.07) is 6.32. The summed E-state index contributed by atoms with van der Waals surface area (Å²) < 4.78 is 3.00. The van der Waals surface area contributed by atoms with Gasteiger partial charge in [0.25, 0.3) is 0 Å². The summed E-state index contributed by atoms with van der Waals surface area (Å²) in [5.41, 5.74) is 2.21. The van der Waals surface area contributed by atoms with Gasteiger partial charge in [-0.3, -0.25) is 0 Å². The van der Waals surface area contributed by atoms with Crippen molar-refractivity contribution < 1.29 is 0 Å². The minimum absolute atomic E-state index is 0.439. The molecule has 1 heterocycles. The van der Waals surface area contributed by atoms with Crippen molar-refractivity contribution in [2.45, 2.75) is 26.4 Å². The van der Waals surface area contributed by atoms with Crippen LogP contribution < -0.4 is 5.32 Å². The van der Waals surface area contributed by atoms with E-state index in [-0.39, 0.29) is 0 Å². The monoisotopic (exact) mass is 375 g/mol. The maximum absolute atomic E-state index is 6.07. The lowest BCUT2D eigenvalue weighted by molar-refractivity contribution is 0.586. The number of hydrogen-bond donors (Lipinski definition) is 1. The Kier molecular flexibility index (Phi) is 4.64. The van der Waals surface area contributed by atoms with Crippen LogP contribution >= 0.6 is 34.2 Å². The molecule has 1 aromatic heterocycles. The lowest BCUT2D eigenvalue weighted by atomic mass is 10.1. The van der Waals surface area contributed by atoms with Crippen LogP contribution in [0.3, 0.4) is 0 Å². The normalized spacial score (nSPS) is 11.2. The van der Waals surface area contributed by atoms with Crippen LogP contribution in [-0.2, 0) is 6.54 Å². The maximum atomic E-state index is 6.07. The van der Waals surface area contributed by atoms with E-state index < -0.39 is 0 Å². The van der Waals surface area contributed by atoms with Crippen LogP contribution in [0.4, 0.5) is 0 Å². The Morgan fingerprint density at radius 3 is 2.83 bits per heavy atom. The molecule has 0 atom stereocenters. The molecule has 0 saturated carbocycles. The molecule has 0 saturated heterocycles. The van der Waals surface area contributed by atoms with Gasteiger partial charge in [0.2, 0.25) is 0 Å². The zero-order chi connectivity index (χ0) is 13.1. The van der Waals surface area contributed by atoms with E-state index in [0.717, 1.165) is 26.4 Å². The van der Waals surface area contributed by atoms with Gasteiger partial charge in [0.15, 0.2) is 0 Å². The number of hydrogen-bond acceptors (Lipinski definition) is 2. The van der Waals surface area contributed by atoms with Crippen molar-refractivity contribution >= 4 is 34.2 Å². The average molecular weight is 376 g/mol. The number of benzene rings is 1. The molecular weight excluding hydrogens is 361 g/mol. The second-order valence-corrected chi connectivity index (χ2v) is 6.09. The molecule has 96 valence electrons. The van der Waals surface area contributed by atoms with E-state index in [1.165, 1.54) is 0 Å². The summed E-state index contributed by atoms with van der Waals surface area (Å²) in [6.07, 6.45) is 3.84. The minimum atomic E-state index is 0.439. The van der Waals surface area contributed by atoms with Crippen molar-refractivity contribution in [2.24, 2.45) is 0 Å².